The fraction of sp³-hybridized carbons (Fsp3) is 0.400. The monoisotopic (exact) mass is 362 g/mol. The van der Waals surface area contributed by atoms with Crippen molar-refractivity contribution in [3.63, 3.8) is 0 Å². The second-order valence-electron chi connectivity index (χ2n) is 6.23. The first-order valence-electron chi connectivity index (χ1n) is 8.48. The molecule has 0 aliphatic heterocycles. The van der Waals surface area contributed by atoms with E-state index in [9.17, 15) is 0 Å². The summed E-state index contributed by atoms with van der Waals surface area (Å²) in [5.74, 6) is 1.50. The summed E-state index contributed by atoms with van der Waals surface area (Å²) in [6, 6.07) is 13.7. The van der Waals surface area contributed by atoms with Crippen LogP contribution in [0.1, 0.15) is 17.5 Å². The lowest BCUT2D eigenvalue weighted by atomic mass is 10.2. The highest BCUT2D eigenvalue weighted by atomic mass is 35.5. The maximum absolute atomic E-state index is 5.90. The molecule has 0 heterocycles. The van der Waals surface area contributed by atoms with Gasteiger partial charge in [0.15, 0.2) is 11.5 Å². The summed E-state index contributed by atoms with van der Waals surface area (Å²) in [4.78, 5) is 2.19. The molecular weight excluding hydrogens is 336 g/mol. The second-order valence-corrected chi connectivity index (χ2v) is 6.67. The molecule has 2 aromatic carbocycles. The average molecular weight is 363 g/mol. The third-order valence-corrected chi connectivity index (χ3v) is 4.08. The smallest absolute Gasteiger partial charge is 0.161 e. The van der Waals surface area contributed by atoms with E-state index < -0.39 is 0 Å². The van der Waals surface area contributed by atoms with Crippen LogP contribution in [0.2, 0.25) is 5.02 Å². The Morgan fingerprint density at radius 2 is 1.72 bits per heavy atom. The van der Waals surface area contributed by atoms with Crippen LogP contribution in [-0.4, -0.2) is 39.2 Å². The number of hydrogen-bond donors (Lipinski definition) is 1. The van der Waals surface area contributed by atoms with Crippen LogP contribution in [0.3, 0.4) is 0 Å². The van der Waals surface area contributed by atoms with Crippen molar-refractivity contribution in [3.8, 4) is 11.5 Å². The summed E-state index contributed by atoms with van der Waals surface area (Å²) in [7, 11) is 5.85. The molecule has 2 aromatic rings. The molecule has 25 heavy (non-hydrogen) atoms. The van der Waals surface area contributed by atoms with Gasteiger partial charge in [0, 0.05) is 11.6 Å². The Kier molecular flexibility index (Phi) is 8.06. The molecule has 0 unspecified atom stereocenters. The highest BCUT2D eigenvalue weighted by Gasteiger charge is 2.06. The van der Waals surface area contributed by atoms with Crippen molar-refractivity contribution in [2.45, 2.75) is 19.6 Å². The van der Waals surface area contributed by atoms with Crippen molar-refractivity contribution in [1.29, 1.82) is 0 Å². The highest BCUT2D eigenvalue weighted by Crippen LogP contribution is 2.29. The average Bonchev–Trinajstić information content (AvgIpc) is 2.61. The highest BCUT2D eigenvalue weighted by molar-refractivity contribution is 6.30. The predicted octanol–water partition coefficient (Wildman–Crippen LogP) is 3.97. The Hall–Kier alpha value is -1.75. The zero-order valence-electron chi connectivity index (χ0n) is 15.2. The van der Waals surface area contributed by atoms with Crippen LogP contribution in [0.25, 0.3) is 0 Å². The van der Waals surface area contributed by atoms with Gasteiger partial charge in [0.1, 0.15) is 6.61 Å². The van der Waals surface area contributed by atoms with E-state index in [1.165, 1.54) is 5.56 Å². The Labute approximate surface area is 155 Å². The molecular formula is C20H27ClN2O2. The number of hydrogen-bond acceptors (Lipinski definition) is 4. The minimum Gasteiger partial charge on any atom is -0.493 e. The number of nitrogens with zero attached hydrogens (tertiary/aromatic N) is 1. The number of ether oxygens (including phenoxy) is 2. The normalized spacial score (nSPS) is 10.9. The van der Waals surface area contributed by atoms with Crippen molar-refractivity contribution < 1.29 is 9.47 Å². The Morgan fingerprint density at radius 3 is 2.40 bits per heavy atom. The van der Waals surface area contributed by atoms with Crippen molar-refractivity contribution in [3.05, 3.63) is 58.6 Å². The minimum absolute atomic E-state index is 0.482. The van der Waals surface area contributed by atoms with Gasteiger partial charge in [-0.15, -0.1) is 0 Å². The van der Waals surface area contributed by atoms with Gasteiger partial charge >= 0.3 is 0 Å². The fourth-order valence-corrected chi connectivity index (χ4v) is 2.56. The maximum atomic E-state index is 5.90. The van der Waals surface area contributed by atoms with Gasteiger partial charge in [-0.3, -0.25) is 0 Å². The Bertz CT molecular complexity index is 645. The van der Waals surface area contributed by atoms with E-state index in [4.69, 9.17) is 21.1 Å². The molecule has 2 rings (SSSR count). The fourth-order valence-electron chi connectivity index (χ4n) is 2.44. The molecule has 0 aliphatic rings. The molecule has 0 spiro atoms. The van der Waals surface area contributed by atoms with E-state index in [1.54, 1.807) is 7.11 Å². The summed E-state index contributed by atoms with van der Waals surface area (Å²) in [5.41, 5.74) is 2.25. The van der Waals surface area contributed by atoms with Gasteiger partial charge in [0.25, 0.3) is 0 Å². The molecule has 1 N–H and O–H groups in total. The van der Waals surface area contributed by atoms with E-state index in [-0.39, 0.29) is 0 Å². The zero-order chi connectivity index (χ0) is 18.1. The topological polar surface area (TPSA) is 33.7 Å². The molecule has 0 amide bonds. The Balaban J connectivity index is 1.86. The lowest BCUT2D eigenvalue weighted by molar-refractivity contribution is 0.284. The van der Waals surface area contributed by atoms with E-state index in [0.717, 1.165) is 48.1 Å². The summed E-state index contributed by atoms with van der Waals surface area (Å²) >= 11 is 5.90. The number of benzene rings is 2. The van der Waals surface area contributed by atoms with Crippen molar-refractivity contribution in [1.82, 2.24) is 10.2 Å². The number of rotatable bonds is 10. The van der Waals surface area contributed by atoms with E-state index in [1.807, 2.05) is 36.4 Å². The molecule has 0 atom stereocenters. The minimum atomic E-state index is 0.482. The number of halogens is 1. The van der Waals surface area contributed by atoms with Gasteiger partial charge < -0.3 is 19.7 Å². The third kappa shape index (κ3) is 6.94. The number of nitrogens with one attached hydrogen (secondary N) is 1. The SMILES string of the molecule is COc1cc(CNCCCN(C)C)ccc1OCc1ccc(Cl)cc1. The van der Waals surface area contributed by atoms with Crippen LogP contribution in [0, 0.1) is 0 Å². The molecule has 4 nitrogen and oxygen atoms in total. The van der Waals surface area contributed by atoms with Gasteiger partial charge in [-0.1, -0.05) is 29.8 Å². The van der Waals surface area contributed by atoms with E-state index >= 15 is 0 Å². The molecule has 0 fully saturated rings. The summed E-state index contributed by atoms with van der Waals surface area (Å²) < 4.78 is 11.4. The summed E-state index contributed by atoms with van der Waals surface area (Å²) in [6.07, 6.45) is 1.13. The second kappa shape index (κ2) is 10.3. The van der Waals surface area contributed by atoms with E-state index in [2.05, 4.69) is 30.4 Å². The van der Waals surface area contributed by atoms with Crippen LogP contribution < -0.4 is 14.8 Å². The van der Waals surface area contributed by atoms with Gasteiger partial charge in [-0.25, -0.2) is 0 Å². The molecule has 0 saturated carbocycles. The summed E-state index contributed by atoms with van der Waals surface area (Å²) in [6.45, 7) is 3.39. The van der Waals surface area contributed by atoms with Gasteiger partial charge in [0.05, 0.1) is 7.11 Å². The molecule has 0 aromatic heterocycles. The van der Waals surface area contributed by atoms with E-state index in [0.29, 0.717) is 6.61 Å². The van der Waals surface area contributed by atoms with Crippen LogP contribution in [-0.2, 0) is 13.2 Å². The largest absolute Gasteiger partial charge is 0.493 e. The van der Waals surface area contributed by atoms with Crippen molar-refractivity contribution >= 4 is 11.6 Å². The van der Waals surface area contributed by atoms with Gasteiger partial charge in [-0.2, -0.15) is 0 Å². The third-order valence-electron chi connectivity index (χ3n) is 3.82. The summed E-state index contributed by atoms with van der Waals surface area (Å²) in [5, 5.41) is 4.18. The van der Waals surface area contributed by atoms with Gasteiger partial charge in [0.2, 0.25) is 0 Å². The quantitative estimate of drug-likeness (QED) is 0.648. The molecule has 0 aliphatic carbocycles. The molecule has 0 saturated heterocycles. The zero-order valence-corrected chi connectivity index (χ0v) is 16.0. The first-order chi connectivity index (χ1) is 12.1. The molecule has 0 bridgehead atoms. The number of methoxy groups -OCH3 is 1. The van der Waals surface area contributed by atoms with Gasteiger partial charge in [-0.05, 0) is 69.0 Å². The Morgan fingerprint density at radius 1 is 1.00 bits per heavy atom. The predicted molar refractivity (Wildman–Crippen MR) is 104 cm³/mol. The molecule has 136 valence electrons. The van der Waals surface area contributed by atoms with Crippen LogP contribution in [0.15, 0.2) is 42.5 Å². The molecule has 5 heteroatoms. The van der Waals surface area contributed by atoms with Crippen molar-refractivity contribution in [2.75, 3.05) is 34.3 Å². The standard InChI is InChI=1S/C20H27ClN2O2/c1-23(2)12-4-11-22-14-17-7-10-19(20(13-17)24-3)25-15-16-5-8-18(21)9-6-16/h5-10,13,22H,4,11-12,14-15H2,1-3H3. The first kappa shape index (κ1) is 19.6. The van der Waals surface area contributed by atoms with Crippen LogP contribution in [0.4, 0.5) is 0 Å². The molecule has 0 radical (unpaired) electrons. The first-order valence-corrected chi connectivity index (χ1v) is 8.86. The van der Waals surface area contributed by atoms with Crippen LogP contribution >= 0.6 is 11.6 Å². The lowest BCUT2D eigenvalue weighted by Crippen LogP contribution is -2.21. The lowest BCUT2D eigenvalue weighted by Gasteiger charge is -2.13. The van der Waals surface area contributed by atoms with Crippen molar-refractivity contribution in [2.24, 2.45) is 0 Å². The maximum Gasteiger partial charge on any atom is 0.161 e. The van der Waals surface area contributed by atoms with Crippen LogP contribution in [0.5, 0.6) is 11.5 Å².